The summed E-state index contributed by atoms with van der Waals surface area (Å²) < 4.78 is 28.9. The monoisotopic (exact) mass is 431 g/mol. The third kappa shape index (κ3) is 5.56. The summed E-state index contributed by atoms with van der Waals surface area (Å²) in [5, 5.41) is 0. The molecule has 1 aliphatic heterocycles. The zero-order valence-electron chi connectivity index (χ0n) is 17.5. The molecule has 0 saturated carbocycles. The number of nitrogens with two attached hydrogens (primary N) is 1. The zero-order valence-corrected chi connectivity index (χ0v) is 17.5. The lowest BCUT2D eigenvalue weighted by Crippen LogP contribution is -2.49. The van der Waals surface area contributed by atoms with Crippen molar-refractivity contribution in [3.8, 4) is 11.5 Å². The molecule has 9 heteroatoms. The largest absolute Gasteiger partial charge is 0.493 e. The number of hydrogen-bond acceptors (Lipinski definition) is 6. The van der Waals surface area contributed by atoms with Crippen molar-refractivity contribution in [2.75, 3.05) is 45.3 Å². The molecule has 31 heavy (non-hydrogen) atoms. The number of rotatable bonds is 7. The number of ether oxygens (including phenoxy) is 3. The van der Waals surface area contributed by atoms with Gasteiger partial charge < -0.3 is 29.7 Å². The molecule has 2 aromatic rings. The van der Waals surface area contributed by atoms with Gasteiger partial charge in [-0.05, 0) is 29.8 Å². The van der Waals surface area contributed by atoms with Crippen LogP contribution in [0.25, 0.3) is 0 Å². The van der Waals surface area contributed by atoms with E-state index in [0.29, 0.717) is 43.2 Å². The van der Waals surface area contributed by atoms with Crippen LogP contribution in [0.1, 0.15) is 18.1 Å². The lowest BCUT2D eigenvalue weighted by molar-refractivity contribution is -0.133. The van der Waals surface area contributed by atoms with Crippen LogP contribution in [0.2, 0.25) is 0 Å². The van der Waals surface area contributed by atoms with E-state index in [0.717, 1.165) is 5.69 Å². The van der Waals surface area contributed by atoms with Gasteiger partial charge >= 0.3 is 6.09 Å². The van der Waals surface area contributed by atoms with Crippen molar-refractivity contribution >= 4 is 17.7 Å². The van der Waals surface area contributed by atoms with E-state index >= 15 is 0 Å². The minimum Gasteiger partial charge on any atom is -0.493 e. The third-order valence-electron chi connectivity index (χ3n) is 5.22. The highest BCUT2D eigenvalue weighted by molar-refractivity contribution is 5.78. The van der Waals surface area contributed by atoms with Gasteiger partial charge in [0.2, 0.25) is 5.91 Å². The van der Waals surface area contributed by atoms with Gasteiger partial charge in [-0.3, -0.25) is 4.79 Å². The van der Waals surface area contributed by atoms with Crippen LogP contribution in [0.3, 0.4) is 0 Å². The molecule has 166 valence electrons. The van der Waals surface area contributed by atoms with E-state index in [9.17, 15) is 14.0 Å². The Morgan fingerprint density at radius 1 is 1.00 bits per heavy atom. The maximum absolute atomic E-state index is 13.2. The summed E-state index contributed by atoms with van der Waals surface area (Å²) in [5.41, 5.74) is 6.65. The average molecular weight is 431 g/mol. The van der Waals surface area contributed by atoms with Crippen LogP contribution >= 0.6 is 0 Å². The second kappa shape index (κ2) is 10.0. The first kappa shape index (κ1) is 22.2. The Bertz CT molecular complexity index is 914. The van der Waals surface area contributed by atoms with E-state index < -0.39 is 18.0 Å². The van der Waals surface area contributed by atoms with Gasteiger partial charge in [0.05, 0.1) is 20.6 Å². The highest BCUT2D eigenvalue weighted by Crippen LogP contribution is 2.32. The van der Waals surface area contributed by atoms with E-state index in [4.69, 9.17) is 19.9 Å². The number of methoxy groups -OCH3 is 2. The lowest BCUT2D eigenvalue weighted by Gasteiger charge is -2.36. The molecule has 8 nitrogen and oxygen atoms in total. The van der Waals surface area contributed by atoms with Crippen LogP contribution in [-0.4, -0.2) is 57.3 Å². The second-order valence-corrected chi connectivity index (χ2v) is 7.09. The zero-order chi connectivity index (χ0) is 22.4. The summed E-state index contributed by atoms with van der Waals surface area (Å²) in [5.74, 6) is 0.715. The molecule has 1 atom stereocenters. The van der Waals surface area contributed by atoms with Gasteiger partial charge in [-0.2, -0.15) is 0 Å². The standard InChI is InChI=1S/C22H26FN3O5/c1-29-18-8-7-17(13-20(18)30-2)25-9-11-26(12-10-25)21(27)14-19(31-22(24)28)15-3-5-16(23)6-4-15/h3-8,13,19H,9-12,14H2,1-2H3,(H2,24,28). The van der Waals surface area contributed by atoms with Gasteiger partial charge in [0.1, 0.15) is 11.9 Å². The Morgan fingerprint density at radius 3 is 2.23 bits per heavy atom. The molecule has 1 fully saturated rings. The molecule has 1 unspecified atom stereocenters. The van der Waals surface area contributed by atoms with Crippen LogP contribution in [0.5, 0.6) is 11.5 Å². The number of hydrogen-bond donors (Lipinski definition) is 1. The van der Waals surface area contributed by atoms with Gasteiger partial charge in [0.15, 0.2) is 11.5 Å². The van der Waals surface area contributed by atoms with Crippen molar-refractivity contribution in [2.45, 2.75) is 12.5 Å². The first-order chi connectivity index (χ1) is 14.9. The highest BCUT2D eigenvalue weighted by atomic mass is 19.1. The fraction of sp³-hybridized carbons (Fsp3) is 0.364. The van der Waals surface area contributed by atoms with Gasteiger partial charge in [-0.15, -0.1) is 0 Å². The lowest BCUT2D eigenvalue weighted by atomic mass is 10.1. The number of piperazine rings is 1. The Labute approximate surface area is 180 Å². The summed E-state index contributed by atoms with van der Waals surface area (Å²) in [4.78, 5) is 28.0. The maximum Gasteiger partial charge on any atom is 0.405 e. The molecule has 1 saturated heterocycles. The van der Waals surface area contributed by atoms with E-state index in [-0.39, 0.29) is 12.3 Å². The van der Waals surface area contributed by atoms with E-state index in [1.807, 2.05) is 18.2 Å². The molecule has 3 rings (SSSR count). The smallest absolute Gasteiger partial charge is 0.405 e. The predicted molar refractivity (Wildman–Crippen MR) is 113 cm³/mol. The Morgan fingerprint density at radius 2 is 1.65 bits per heavy atom. The number of halogens is 1. The number of anilines is 1. The normalized spacial score (nSPS) is 14.7. The summed E-state index contributed by atoms with van der Waals surface area (Å²) in [7, 11) is 3.17. The fourth-order valence-corrected chi connectivity index (χ4v) is 3.57. The van der Waals surface area contributed by atoms with Crippen molar-refractivity contribution in [3.05, 3.63) is 53.8 Å². The van der Waals surface area contributed by atoms with E-state index in [1.165, 1.54) is 24.3 Å². The predicted octanol–water partition coefficient (Wildman–Crippen LogP) is 2.72. The van der Waals surface area contributed by atoms with Gasteiger partial charge in [0.25, 0.3) is 0 Å². The molecule has 2 N–H and O–H groups in total. The molecular weight excluding hydrogens is 405 g/mol. The van der Waals surface area contributed by atoms with Crippen LogP contribution in [0.4, 0.5) is 14.9 Å². The second-order valence-electron chi connectivity index (χ2n) is 7.09. The molecular formula is C22H26FN3O5. The van der Waals surface area contributed by atoms with E-state index in [2.05, 4.69) is 4.90 Å². The van der Waals surface area contributed by atoms with Crippen molar-refractivity contribution < 1.29 is 28.2 Å². The Hall–Kier alpha value is -3.49. The quantitative estimate of drug-likeness (QED) is 0.725. The van der Waals surface area contributed by atoms with Crippen LogP contribution in [0.15, 0.2) is 42.5 Å². The van der Waals surface area contributed by atoms with Gasteiger partial charge in [-0.25, -0.2) is 9.18 Å². The van der Waals surface area contributed by atoms with Gasteiger partial charge in [-0.1, -0.05) is 12.1 Å². The number of nitrogens with zero attached hydrogens (tertiary/aromatic N) is 2. The summed E-state index contributed by atoms with van der Waals surface area (Å²) in [6.07, 6.45) is -1.92. The summed E-state index contributed by atoms with van der Waals surface area (Å²) in [6, 6.07) is 11.2. The third-order valence-corrected chi connectivity index (χ3v) is 5.22. The molecule has 0 spiro atoms. The van der Waals surface area contributed by atoms with Crippen molar-refractivity contribution in [1.82, 2.24) is 4.90 Å². The molecule has 0 bridgehead atoms. The first-order valence-electron chi connectivity index (χ1n) is 9.87. The van der Waals surface area contributed by atoms with Crippen molar-refractivity contribution in [3.63, 3.8) is 0 Å². The number of benzene rings is 2. The Kier molecular flexibility index (Phi) is 7.17. The number of primary amides is 1. The number of carbonyl (C=O) groups is 2. The fourth-order valence-electron chi connectivity index (χ4n) is 3.57. The van der Waals surface area contributed by atoms with Crippen LogP contribution < -0.4 is 20.1 Å². The highest BCUT2D eigenvalue weighted by Gasteiger charge is 2.26. The molecule has 2 aromatic carbocycles. The number of carbonyl (C=O) groups excluding carboxylic acids is 2. The van der Waals surface area contributed by atoms with E-state index in [1.54, 1.807) is 19.1 Å². The maximum atomic E-state index is 13.2. The summed E-state index contributed by atoms with van der Waals surface area (Å²) >= 11 is 0. The average Bonchev–Trinajstić information content (AvgIpc) is 2.78. The SMILES string of the molecule is COc1ccc(N2CCN(C(=O)CC(OC(N)=O)c3ccc(F)cc3)CC2)cc1OC. The first-order valence-corrected chi connectivity index (χ1v) is 9.87. The minimum absolute atomic E-state index is 0.0646. The number of amides is 2. The minimum atomic E-state index is -0.986. The Balaban J connectivity index is 1.62. The van der Waals surface area contributed by atoms with Crippen molar-refractivity contribution in [1.29, 1.82) is 0 Å². The molecule has 1 heterocycles. The van der Waals surface area contributed by atoms with Gasteiger partial charge in [0, 0.05) is 37.9 Å². The molecule has 0 radical (unpaired) electrons. The molecule has 0 aromatic heterocycles. The molecule has 0 aliphatic carbocycles. The van der Waals surface area contributed by atoms with Crippen molar-refractivity contribution in [2.24, 2.45) is 5.73 Å². The summed E-state index contributed by atoms with van der Waals surface area (Å²) in [6.45, 7) is 2.30. The topological polar surface area (TPSA) is 94.3 Å². The molecule has 1 aliphatic rings. The molecule has 2 amide bonds. The van der Waals surface area contributed by atoms with Crippen LogP contribution in [0, 0.1) is 5.82 Å². The van der Waals surface area contributed by atoms with Crippen LogP contribution in [-0.2, 0) is 9.53 Å².